The van der Waals surface area contributed by atoms with E-state index in [2.05, 4.69) is 20.5 Å². The van der Waals surface area contributed by atoms with E-state index in [0.717, 1.165) is 18.5 Å². The molecule has 1 aromatic heterocycles. The van der Waals surface area contributed by atoms with Crippen LogP contribution in [0.15, 0.2) is 59.5 Å². The van der Waals surface area contributed by atoms with Crippen LogP contribution in [0.4, 0.5) is 13.2 Å². The highest BCUT2D eigenvalue weighted by atomic mass is 19.4. The first-order valence-corrected chi connectivity index (χ1v) is 10.0. The van der Waals surface area contributed by atoms with Crippen molar-refractivity contribution in [3.05, 3.63) is 71.9 Å². The molecule has 2 amide bonds. The van der Waals surface area contributed by atoms with Gasteiger partial charge < -0.3 is 24.6 Å². The maximum absolute atomic E-state index is 13.3. The minimum atomic E-state index is -4.67. The Morgan fingerprint density at radius 1 is 1.12 bits per heavy atom. The van der Waals surface area contributed by atoms with Crippen molar-refractivity contribution in [1.29, 1.82) is 0 Å². The van der Waals surface area contributed by atoms with Gasteiger partial charge in [0.1, 0.15) is 28.4 Å². The third kappa shape index (κ3) is 5.12. The number of aromatic nitrogens is 1. The number of nitrogens with zero attached hydrogens (tertiary/aromatic N) is 1. The quantitative estimate of drug-likeness (QED) is 0.426. The average molecular weight is 476 g/mol. The summed E-state index contributed by atoms with van der Waals surface area (Å²) in [6, 6.07) is 9.28. The molecule has 1 saturated carbocycles. The molecule has 0 atom stereocenters. The third-order valence-electron chi connectivity index (χ3n) is 5.19. The number of rotatable bonds is 8. The van der Waals surface area contributed by atoms with Gasteiger partial charge in [-0.15, -0.1) is 0 Å². The number of carbonyl (C=O) groups excluding carboxylic acids is 2. The van der Waals surface area contributed by atoms with Crippen molar-refractivity contribution >= 4 is 11.8 Å². The standard InChI is InChI=1S/C22H19F3N4O5/c23-22(24,25)16-9-15(34-26)5-6-17(16)33-14-3-1-13(2-4-14)10-28-20(31)21(7-8-21)29-19(30)18-11-27-12-32-18/h1-6,9,11-12H,7-8,10,26H2,(H,28,31)(H,29,30). The van der Waals surface area contributed by atoms with Crippen molar-refractivity contribution in [2.24, 2.45) is 5.90 Å². The van der Waals surface area contributed by atoms with Crippen LogP contribution in [0.2, 0.25) is 0 Å². The Labute approximate surface area is 191 Å². The van der Waals surface area contributed by atoms with Gasteiger partial charge in [0, 0.05) is 6.54 Å². The zero-order valence-electron chi connectivity index (χ0n) is 17.5. The number of hydrogen-bond donors (Lipinski definition) is 3. The van der Waals surface area contributed by atoms with Gasteiger partial charge >= 0.3 is 6.18 Å². The van der Waals surface area contributed by atoms with Gasteiger partial charge in [-0.25, -0.2) is 4.98 Å². The van der Waals surface area contributed by atoms with E-state index >= 15 is 0 Å². The molecule has 0 unspecified atom stereocenters. The molecule has 0 bridgehead atoms. The van der Waals surface area contributed by atoms with E-state index < -0.39 is 28.9 Å². The molecular formula is C22H19F3N4O5. The average Bonchev–Trinajstić information content (AvgIpc) is 3.38. The molecule has 12 heteroatoms. The lowest BCUT2D eigenvalue weighted by Crippen LogP contribution is -2.48. The molecule has 1 aliphatic carbocycles. The number of nitrogens with one attached hydrogen (secondary N) is 2. The molecule has 4 rings (SSSR count). The minimum Gasteiger partial charge on any atom is -0.457 e. The molecule has 0 aliphatic heterocycles. The maximum atomic E-state index is 13.3. The highest BCUT2D eigenvalue weighted by Crippen LogP contribution is 2.40. The summed E-state index contributed by atoms with van der Waals surface area (Å²) >= 11 is 0. The lowest BCUT2D eigenvalue weighted by atomic mass is 10.1. The fourth-order valence-electron chi connectivity index (χ4n) is 3.19. The summed E-state index contributed by atoms with van der Waals surface area (Å²) < 4.78 is 50.3. The number of ether oxygens (including phenoxy) is 1. The van der Waals surface area contributed by atoms with Gasteiger partial charge in [-0.2, -0.15) is 19.1 Å². The van der Waals surface area contributed by atoms with Crippen LogP contribution < -0.4 is 26.1 Å². The summed E-state index contributed by atoms with van der Waals surface area (Å²) in [5.41, 5.74) is -1.35. The second-order valence-corrected chi connectivity index (χ2v) is 7.60. The lowest BCUT2D eigenvalue weighted by molar-refractivity contribution is -0.138. The third-order valence-corrected chi connectivity index (χ3v) is 5.19. The summed E-state index contributed by atoms with van der Waals surface area (Å²) in [6.45, 7) is 0.148. The van der Waals surface area contributed by atoms with Crippen molar-refractivity contribution in [2.75, 3.05) is 0 Å². The Balaban J connectivity index is 1.36. The van der Waals surface area contributed by atoms with Crippen molar-refractivity contribution in [3.8, 4) is 17.2 Å². The SMILES string of the molecule is NOc1ccc(Oc2ccc(CNC(=O)C3(NC(=O)c4cnco4)CC3)cc2)c(C(F)(F)F)c1. The fraction of sp³-hybridized carbons (Fsp3) is 0.227. The van der Waals surface area contributed by atoms with Crippen LogP contribution in [0.25, 0.3) is 0 Å². The van der Waals surface area contributed by atoms with E-state index in [1.54, 1.807) is 12.1 Å². The smallest absolute Gasteiger partial charge is 0.420 e. The normalized spacial score (nSPS) is 14.2. The molecule has 2 aromatic carbocycles. The van der Waals surface area contributed by atoms with E-state index in [1.165, 1.54) is 24.4 Å². The number of benzene rings is 2. The minimum absolute atomic E-state index is 0.00791. The van der Waals surface area contributed by atoms with Crippen molar-refractivity contribution in [3.63, 3.8) is 0 Å². The molecule has 1 fully saturated rings. The number of hydrogen-bond acceptors (Lipinski definition) is 7. The van der Waals surface area contributed by atoms with Crippen LogP contribution in [0.1, 0.15) is 34.5 Å². The molecule has 9 nitrogen and oxygen atoms in total. The summed E-state index contributed by atoms with van der Waals surface area (Å²) in [4.78, 5) is 32.7. The molecule has 0 radical (unpaired) electrons. The molecular weight excluding hydrogens is 457 g/mol. The van der Waals surface area contributed by atoms with Gasteiger partial charge in [0.2, 0.25) is 11.7 Å². The van der Waals surface area contributed by atoms with Crippen molar-refractivity contribution in [2.45, 2.75) is 31.1 Å². The van der Waals surface area contributed by atoms with Crippen LogP contribution in [0.3, 0.4) is 0 Å². The molecule has 1 heterocycles. The summed E-state index contributed by atoms with van der Waals surface area (Å²) in [7, 11) is 0. The van der Waals surface area contributed by atoms with Crippen LogP contribution in [0, 0.1) is 0 Å². The summed E-state index contributed by atoms with van der Waals surface area (Å²) in [5.74, 6) is 3.67. The number of oxazole rings is 1. The van der Waals surface area contributed by atoms with Gasteiger partial charge in [0.05, 0.1) is 6.20 Å². The van der Waals surface area contributed by atoms with Crippen LogP contribution in [-0.2, 0) is 17.5 Å². The molecule has 4 N–H and O–H groups in total. The zero-order chi connectivity index (χ0) is 24.3. The van der Waals surface area contributed by atoms with Gasteiger partial charge in [-0.3, -0.25) is 9.59 Å². The Morgan fingerprint density at radius 3 is 2.41 bits per heavy atom. The summed E-state index contributed by atoms with van der Waals surface area (Å²) in [5, 5.41) is 5.40. The second-order valence-electron chi connectivity index (χ2n) is 7.60. The highest BCUT2D eigenvalue weighted by Gasteiger charge is 2.51. The second kappa shape index (κ2) is 9.06. The van der Waals surface area contributed by atoms with Gasteiger partial charge in [0.15, 0.2) is 6.39 Å². The topological polar surface area (TPSA) is 129 Å². The van der Waals surface area contributed by atoms with Gasteiger partial charge in [-0.1, -0.05) is 12.1 Å². The zero-order valence-corrected chi connectivity index (χ0v) is 17.5. The number of alkyl halides is 3. The molecule has 0 saturated heterocycles. The first-order chi connectivity index (χ1) is 16.2. The first kappa shape index (κ1) is 23.1. The summed E-state index contributed by atoms with van der Waals surface area (Å²) in [6.07, 6.45) is -1.32. The molecule has 0 spiro atoms. The van der Waals surface area contributed by atoms with E-state index in [0.29, 0.717) is 18.4 Å². The number of halogens is 3. The number of nitrogens with two attached hydrogens (primary N) is 1. The number of carbonyl (C=O) groups is 2. The Morgan fingerprint density at radius 2 is 1.82 bits per heavy atom. The van der Waals surface area contributed by atoms with Crippen LogP contribution in [0.5, 0.6) is 17.2 Å². The lowest BCUT2D eigenvalue weighted by Gasteiger charge is -2.17. The number of amides is 2. The monoisotopic (exact) mass is 476 g/mol. The molecule has 34 heavy (non-hydrogen) atoms. The van der Waals surface area contributed by atoms with Gasteiger partial charge in [-0.05, 0) is 48.7 Å². The predicted octanol–water partition coefficient (Wildman–Crippen LogP) is 3.32. The van der Waals surface area contributed by atoms with E-state index in [-0.39, 0.29) is 29.7 Å². The van der Waals surface area contributed by atoms with Crippen LogP contribution >= 0.6 is 0 Å². The largest absolute Gasteiger partial charge is 0.457 e. The first-order valence-electron chi connectivity index (χ1n) is 10.0. The van der Waals surface area contributed by atoms with E-state index in [9.17, 15) is 22.8 Å². The van der Waals surface area contributed by atoms with E-state index in [1.807, 2.05) is 0 Å². The molecule has 1 aliphatic rings. The highest BCUT2D eigenvalue weighted by molar-refractivity contribution is 5.99. The van der Waals surface area contributed by atoms with Crippen molar-refractivity contribution in [1.82, 2.24) is 15.6 Å². The maximum Gasteiger partial charge on any atom is 0.420 e. The predicted molar refractivity (Wildman–Crippen MR) is 111 cm³/mol. The molecule has 3 aromatic rings. The Hall–Kier alpha value is -4.06. The fourth-order valence-corrected chi connectivity index (χ4v) is 3.19. The molecule has 178 valence electrons. The Kier molecular flexibility index (Phi) is 6.16. The Bertz CT molecular complexity index is 1180. The van der Waals surface area contributed by atoms with Gasteiger partial charge in [0.25, 0.3) is 5.91 Å². The van der Waals surface area contributed by atoms with Crippen molar-refractivity contribution < 1.29 is 36.8 Å². The van der Waals surface area contributed by atoms with E-state index in [4.69, 9.17) is 15.1 Å². The van der Waals surface area contributed by atoms with Crippen LogP contribution in [-0.4, -0.2) is 22.3 Å².